The van der Waals surface area contributed by atoms with Crippen molar-refractivity contribution in [1.82, 2.24) is 24.8 Å². The Morgan fingerprint density at radius 3 is 2.78 bits per heavy atom. The SMILES string of the molecule is CN(Cc1nccs1)C1CC12CCN(Cc1cncnc1)CC2. The minimum Gasteiger partial charge on any atom is -0.299 e. The van der Waals surface area contributed by atoms with E-state index < -0.39 is 0 Å². The molecule has 1 saturated heterocycles. The van der Waals surface area contributed by atoms with Gasteiger partial charge in [0.15, 0.2) is 0 Å². The van der Waals surface area contributed by atoms with Gasteiger partial charge in [0.25, 0.3) is 0 Å². The molecule has 0 amide bonds. The van der Waals surface area contributed by atoms with E-state index in [1.807, 2.05) is 18.6 Å². The number of hydrogen-bond acceptors (Lipinski definition) is 6. The molecule has 5 nitrogen and oxygen atoms in total. The van der Waals surface area contributed by atoms with Crippen molar-refractivity contribution in [3.05, 3.63) is 40.9 Å². The Morgan fingerprint density at radius 2 is 2.09 bits per heavy atom. The van der Waals surface area contributed by atoms with Gasteiger partial charge in [-0.25, -0.2) is 15.0 Å². The number of thiazole rings is 1. The Balaban J connectivity index is 1.28. The molecule has 1 saturated carbocycles. The van der Waals surface area contributed by atoms with Crippen LogP contribution >= 0.6 is 11.3 Å². The lowest BCUT2D eigenvalue weighted by molar-refractivity contribution is 0.139. The summed E-state index contributed by atoms with van der Waals surface area (Å²) in [6.45, 7) is 4.36. The van der Waals surface area contributed by atoms with Crippen molar-refractivity contribution in [3.8, 4) is 0 Å². The van der Waals surface area contributed by atoms with E-state index in [1.165, 1.54) is 42.9 Å². The summed E-state index contributed by atoms with van der Waals surface area (Å²) >= 11 is 1.76. The van der Waals surface area contributed by atoms with E-state index in [4.69, 9.17) is 0 Å². The summed E-state index contributed by atoms with van der Waals surface area (Å²) in [6.07, 6.45) is 11.3. The molecule has 1 spiro atoms. The fourth-order valence-corrected chi connectivity index (χ4v) is 4.65. The summed E-state index contributed by atoms with van der Waals surface area (Å²) in [6, 6.07) is 0.744. The van der Waals surface area contributed by atoms with Crippen molar-refractivity contribution < 1.29 is 0 Å². The second kappa shape index (κ2) is 6.26. The topological polar surface area (TPSA) is 45.2 Å². The molecule has 4 rings (SSSR count). The fourth-order valence-electron chi connectivity index (χ4n) is 3.97. The summed E-state index contributed by atoms with van der Waals surface area (Å²) in [5.41, 5.74) is 1.78. The van der Waals surface area contributed by atoms with E-state index in [1.54, 1.807) is 17.7 Å². The summed E-state index contributed by atoms with van der Waals surface area (Å²) in [7, 11) is 2.26. The monoisotopic (exact) mass is 329 g/mol. The second-order valence-corrected chi connectivity index (χ2v) is 7.93. The first-order valence-electron chi connectivity index (χ1n) is 8.30. The molecule has 0 N–H and O–H groups in total. The van der Waals surface area contributed by atoms with Gasteiger partial charge in [-0.15, -0.1) is 11.3 Å². The molecule has 1 aliphatic heterocycles. The molecule has 0 radical (unpaired) electrons. The van der Waals surface area contributed by atoms with Gasteiger partial charge in [0, 0.05) is 42.1 Å². The zero-order valence-electron chi connectivity index (χ0n) is 13.6. The number of nitrogens with zero attached hydrogens (tertiary/aromatic N) is 5. The smallest absolute Gasteiger partial charge is 0.115 e. The maximum Gasteiger partial charge on any atom is 0.115 e. The van der Waals surface area contributed by atoms with Gasteiger partial charge in [0.05, 0.1) is 6.54 Å². The molecule has 122 valence electrons. The van der Waals surface area contributed by atoms with E-state index in [0.29, 0.717) is 5.41 Å². The lowest BCUT2D eigenvalue weighted by atomic mass is 9.92. The molecule has 1 unspecified atom stereocenters. The molecule has 1 atom stereocenters. The van der Waals surface area contributed by atoms with Crippen LogP contribution in [0.2, 0.25) is 0 Å². The van der Waals surface area contributed by atoms with Gasteiger partial charge in [0.2, 0.25) is 0 Å². The predicted molar refractivity (Wildman–Crippen MR) is 91.0 cm³/mol. The molecule has 2 fully saturated rings. The lowest BCUT2D eigenvalue weighted by Crippen LogP contribution is -2.37. The highest BCUT2D eigenvalue weighted by molar-refractivity contribution is 7.09. The van der Waals surface area contributed by atoms with Crippen LogP contribution in [-0.2, 0) is 13.1 Å². The maximum absolute atomic E-state index is 4.42. The Bertz CT molecular complexity index is 622. The van der Waals surface area contributed by atoms with E-state index in [9.17, 15) is 0 Å². The third kappa shape index (κ3) is 3.29. The van der Waals surface area contributed by atoms with Crippen LogP contribution in [0.4, 0.5) is 0 Å². The fraction of sp³-hybridized carbons (Fsp3) is 0.588. The molecular weight excluding hydrogens is 306 g/mol. The summed E-state index contributed by atoms with van der Waals surface area (Å²) in [5.74, 6) is 0. The van der Waals surface area contributed by atoms with Crippen LogP contribution in [0.1, 0.15) is 29.8 Å². The molecule has 0 bridgehead atoms. The summed E-state index contributed by atoms with van der Waals surface area (Å²) < 4.78 is 0. The van der Waals surface area contributed by atoms with E-state index in [2.05, 4.69) is 37.2 Å². The van der Waals surface area contributed by atoms with E-state index >= 15 is 0 Å². The van der Waals surface area contributed by atoms with Crippen LogP contribution < -0.4 is 0 Å². The minimum absolute atomic E-state index is 0.565. The lowest BCUT2D eigenvalue weighted by Gasteiger charge is -2.34. The molecule has 2 aliphatic rings. The average molecular weight is 329 g/mol. The Hall–Kier alpha value is -1.37. The third-order valence-electron chi connectivity index (χ3n) is 5.42. The first kappa shape index (κ1) is 15.2. The highest BCUT2D eigenvalue weighted by atomic mass is 32.1. The maximum atomic E-state index is 4.42. The van der Waals surface area contributed by atoms with E-state index in [0.717, 1.165) is 19.1 Å². The number of aromatic nitrogens is 3. The molecular formula is C17H23N5S. The van der Waals surface area contributed by atoms with Crippen molar-refractivity contribution >= 4 is 11.3 Å². The van der Waals surface area contributed by atoms with Gasteiger partial charge in [-0.2, -0.15) is 0 Å². The van der Waals surface area contributed by atoms with E-state index in [-0.39, 0.29) is 0 Å². The van der Waals surface area contributed by atoms with Crippen LogP contribution in [0, 0.1) is 5.41 Å². The predicted octanol–water partition coefficient (Wildman–Crippen LogP) is 2.42. The zero-order chi connectivity index (χ0) is 15.7. The summed E-state index contributed by atoms with van der Waals surface area (Å²) in [4.78, 5) is 17.7. The normalized spacial score (nSPS) is 23.5. The quantitative estimate of drug-likeness (QED) is 0.843. The number of piperidine rings is 1. The molecule has 1 aliphatic carbocycles. The number of rotatable bonds is 5. The highest BCUT2D eigenvalue weighted by Gasteiger charge is 2.56. The van der Waals surface area contributed by atoms with Crippen LogP contribution in [0.5, 0.6) is 0 Å². The van der Waals surface area contributed by atoms with Crippen molar-refractivity contribution in [2.75, 3.05) is 20.1 Å². The summed E-state index contributed by atoms with van der Waals surface area (Å²) in [5, 5.41) is 3.30. The van der Waals surface area contributed by atoms with Gasteiger partial charge in [0.1, 0.15) is 11.3 Å². The second-order valence-electron chi connectivity index (χ2n) is 6.95. The molecule has 3 heterocycles. The highest BCUT2D eigenvalue weighted by Crippen LogP contribution is 2.56. The molecule has 2 aromatic heterocycles. The Labute approximate surface area is 141 Å². The standard InChI is InChI=1S/C17H23N5S/c1-21(12-16-20-4-7-23-16)15-8-17(15)2-5-22(6-3-17)11-14-9-18-13-19-10-14/h4,7,9-10,13,15H,2-3,5-6,8,11-12H2,1H3. The van der Waals surface area contributed by atoms with Crippen molar-refractivity contribution in [1.29, 1.82) is 0 Å². The zero-order valence-corrected chi connectivity index (χ0v) is 14.4. The minimum atomic E-state index is 0.565. The van der Waals surface area contributed by atoms with Gasteiger partial charge in [-0.05, 0) is 44.8 Å². The number of likely N-dealkylation sites (tertiary alicyclic amines) is 1. The van der Waals surface area contributed by atoms with Crippen LogP contribution in [-0.4, -0.2) is 50.9 Å². The van der Waals surface area contributed by atoms with Crippen LogP contribution in [0.3, 0.4) is 0 Å². The van der Waals surface area contributed by atoms with Gasteiger partial charge >= 0.3 is 0 Å². The molecule has 6 heteroatoms. The molecule has 0 aromatic carbocycles. The van der Waals surface area contributed by atoms with Crippen molar-refractivity contribution in [2.24, 2.45) is 5.41 Å². The van der Waals surface area contributed by atoms with Gasteiger partial charge < -0.3 is 0 Å². The largest absolute Gasteiger partial charge is 0.299 e. The van der Waals surface area contributed by atoms with Gasteiger partial charge in [-0.1, -0.05) is 0 Å². The van der Waals surface area contributed by atoms with Crippen LogP contribution in [0.15, 0.2) is 30.3 Å². The average Bonchev–Trinajstić information content (AvgIpc) is 3.02. The first-order chi connectivity index (χ1) is 11.3. The van der Waals surface area contributed by atoms with Crippen molar-refractivity contribution in [2.45, 2.75) is 38.4 Å². The molecule has 23 heavy (non-hydrogen) atoms. The van der Waals surface area contributed by atoms with Crippen molar-refractivity contribution in [3.63, 3.8) is 0 Å². The first-order valence-corrected chi connectivity index (χ1v) is 9.18. The Kier molecular flexibility index (Phi) is 4.13. The van der Waals surface area contributed by atoms with Gasteiger partial charge in [-0.3, -0.25) is 9.80 Å². The van der Waals surface area contributed by atoms with Crippen LogP contribution in [0.25, 0.3) is 0 Å². The molecule has 2 aromatic rings. The Morgan fingerprint density at radius 1 is 1.30 bits per heavy atom. The third-order valence-corrected chi connectivity index (χ3v) is 6.18. The number of hydrogen-bond donors (Lipinski definition) is 0.